The van der Waals surface area contributed by atoms with Crippen molar-refractivity contribution in [3.8, 4) is 0 Å². The van der Waals surface area contributed by atoms with Gasteiger partial charge >= 0.3 is 12.0 Å². The number of nitrogens with one attached hydrogen (secondary N) is 2. The summed E-state index contributed by atoms with van der Waals surface area (Å²) in [7, 11) is 0. The van der Waals surface area contributed by atoms with Crippen molar-refractivity contribution >= 4 is 33.6 Å². The van der Waals surface area contributed by atoms with Gasteiger partial charge in [-0.3, -0.25) is 0 Å². The van der Waals surface area contributed by atoms with Crippen LogP contribution in [0.4, 0.5) is 10.5 Å². The number of carbonyl (C=O) groups excluding carboxylic acids is 1. The molecule has 1 heterocycles. The van der Waals surface area contributed by atoms with Crippen molar-refractivity contribution in [3.63, 3.8) is 0 Å². The van der Waals surface area contributed by atoms with Crippen LogP contribution in [0.15, 0.2) is 22.7 Å². The molecule has 1 saturated heterocycles. The van der Waals surface area contributed by atoms with Crippen LogP contribution in [0.1, 0.15) is 16.8 Å². The van der Waals surface area contributed by atoms with Gasteiger partial charge in [-0.1, -0.05) is 0 Å². The Morgan fingerprint density at radius 1 is 1.45 bits per heavy atom. The van der Waals surface area contributed by atoms with E-state index in [9.17, 15) is 9.59 Å². The quantitative estimate of drug-likeness (QED) is 0.783. The summed E-state index contributed by atoms with van der Waals surface area (Å²) in [6.45, 7) is 1.96. The molecule has 1 aliphatic rings. The lowest BCUT2D eigenvalue weighted by Gasteiger charge is -2.11. The van der Waals surface area contributed by atoms with E-state index < -0.39 is 5.97 Å². The maximum Gasteiger partial charge on any atom is 0.336 e. The van der Waals surface area contributed by atoms with Crippen LogP contribution in [0, 0.1) is 5.92 Å². The molecule has 108 valence electrons. The van der Waals surface area contributed by atoms with Crippen LogP contribution in [0.5, 0.6) is 0 Å². The molecular formula is C13H15BrN2O4. The van der Waals surface area contributed by atoms with Gasteiger partial charge in [0.05, 0.1) is 12.2 Å². The van der Waals surface area contributed by atoms with Crippen molar-refractivity contribution in [1.29, 1.82) is 0 Å². The van der Waals surface area contributed by atoms with Crippen LogP contribution < -0.4 is 10.6 Å². The number of rotatable bonds is 4. The first-order valence-corrected chi connectivity index (χ1v) is 7.01. The Morgan fingerprint density at radius 2 is 2.25 bits per heavy atom. The molecule has 1 aliphatic heterocycles. The maximum atomic E-state index is 11.7. The van der Waals surface area contributed by atoms with E-state index in [2.05, 4.69) is 26.6 Å². The molecule has 1 atom stereocenters. The van der Waals surface area contributed by atoms with Gasteiger partial charge in [-0.2, -0.15) is 0 Å². The Morgan fingerprint density at radius 3 is 2.90 bits per heavy atom. The number of hydrogen-bond acceptors (Lipinski definition) is 3. The predicted octanol–water partition coefficient (Wildman–Crippen LogP) is 2.31. The van der Waals surface area contributed by atoms with E-state index in [-0.39, 0.29) is 11.6 Å². The molecular weight excluding hydrogens is 328 g/mol. The number of aromatic carboxylic acids is 1. The van der Waals surface area contributed by atoms with Crippen molar-refractivity contribution < 1.29 is 19.4 Å². The second kappa shape index (κ2) is 6.71. The average Bonchev–Trinajstić information content (AvgIpc) is 2.91. The lowest BCUT2D eigenvalue weighted by Crippen LogP contribution is -2.33. The third-order valence-corrected chi connectivity index (χ3v) is 3.72. The number of hydrogen-bond donors (Lipinski definition) is 3. The molecule has 20 heavy (non-hydrogen) atoms. The van der Waals surface area contributed by atoms with Crippen LogP contribution >= 0.6 is 15.9 Å². The largest absolute Gasteiger partial charge is 0.478 e. The van der Waals surface area contributed by atoms with Crippen LogP contribution in [0.2, 0.25) is 0 Å². The second-order valence-corrected chi connectivity index (χ2v) is 5.42. The van der Waals surface area contributed by atoms with E-state index >= 15 is 0 Å². The number of halogens is 1. The molecule has 2 amide bonds. The topological polar surface area (TPSA) is 87.7 Å². The Bertz CT molecular complexity index is 515. The molecule has 6 nitrogen and oxygen atoms in total. The maximum absolute atomic E-state index is 11.7. The first-order chi connectivity index (χ1) is 9.56. The van der Waals surface area contributed by atoms with Gasteiger partial charge in [0.25, 0.3) is 0 Å². The number of carboxylic acids is 1. The zero-order valence-electron chi connectivity index (χ0n) is 10.7. The predicted molar refractivity (Wildman–Crippen MR) is 77.0 cm³/mol. The Hall–Kier alpha value is -1.60. The summed E-state index contributed by atoms with van der Waals surface area (Å²) in [5, 5.41) is 14.4. The van der Waals surface area contributed by atoms with E-state index in [4.69, 9.17) is 9.84 Å². The van der Waals surface area contributed by atoms with Crippen molar-refractivity contribution in [1.82, 2.24) is 5.32 Å². The third kappa shape index (κ3) is 3.94. The zero-order chi connectivity index (χ0) is 14.5. The highest BCUT2D eigenvalue weighted by molar-refractivity contribution is 9.10. The van der Waals surface area contributed by atoms with Gasteiger partial charge in [0.2, 0.25) is 0 Å². The molecule has 0 spiro atoms. The monoisotopic (exact) mass is 342 g/mol. The third-order valence-electron chi connectivity index (χ3n) is 3.03. The minimum Gasteiger partial charge on any atom is -0.478 e. The summed E-state index contributed by atoms with van der Waals surface area (Å²) in [5.74, 6) is -0.704. The zero-order valence-corrected chi connectivity index (χ0v) is 12.3. The normalized spacial score (nSPS) is 17.8. The van der Waals surface area contributed by atoms with E-state index in [1.54, 1.807) is 12.1 Å². The summed E-state index contributed by atoms with van der Waals surface area (Å²) >= 11 is 3.15. The van der Waals surface area contributed by atoms with Crippen molar-refractivity contribution in [2.45, 2.75) is 6.42 Å². The van der Waals surface area contributed by atoms with Crippen LogP contribution in [0.3, 0.4) is 0 Å². The average molecular weight is 343 g/mol. The number of ether oxygens (including phenoxy) is 1. The van der Waals surface area contributed by atoms with Gasteiger partial charge in [-0.25, -0.2) is 9.59 Å². The minimum absolute atomic E-state index is 0.104. The molecule has 1 fully saturated rings. The van der Waals surface area contributed by atoms with Gasteiger partial charge < -0.3 is 20.5 Å². The molecule has 0 radical (unpaired) electrons. The lowest BCUT2D eigenvalue weighted by molar-refractivity contribution is 0.0696. The number of carboxylic acid groups (broad SMARTS) is 1. The smallest absolute Gasteiger partial charge is 0.336 e. The SMILES string of the molecule is O=C(NCC1CCOC1)Nc1ccc(Br)c(C(=O)O)c1. The second-order valence-electron chi connectivity index (χ2n) is 4.56. The molecule has 0 aliphatic carbocycles. The Labute approximate surface area is 124 Å². The summed E-state index contributed by atoms with van der Waals surface area (Å²) in [6, 6.07) is 4.28. The van der Waals surface area contributed by atoms with Gasteiger partial charge in [0.1, 0.15) is 0 Å². The van der Waals surface area contributed by atoms with Crippen LogP contribution in [-0.4, -0.2) is 36.9 Å². The minimum atomic E-state index is -1.05. The lowest BCUT2D eigenvalue weighted by atomic mass is 10.1. The van der Waals surface area contributed by atoms with Crippen molar-refractivity contribution in [2.75, 3.05) is 25.1 Å². The molecule has 0 bridgehead atoms. The number of amides is 2. The number of urea groups is 1. The standard InChI is InChI=1S/C13H15BrN2O4/c14-11-2-1-9(5-10(11)12(17)18)16-13(19)15-6-8-3-4-20-7-8/h1-2,5,8H,3-4,6-7H2,(H,17,18)(H2,15,16,19). The highest BCUT2D eigenvalue weighted by atomic mass is 79.9. The highest BCUT2D eigenvalue weighted by Crippen LogP contribution is 2.21. The van der Waals surface area contributed by atoms with Crippen molar-refractivity contribution in [3.05, 3.63) is 28.2 Å². The Balaban J connectivity index is 1.90. The fraction of sp³-hybridized carbons (Fsp3) is 0.385. The molecule has 3 N–H and O–H groups in total. The summed E-state index contributed by atoms with van der Waals surface area (Å²) in [5.41, 5.74) is 0.540. The molecule has 1 aromatic carbocycles. The first kappa shape index (κ1) is 14.8. The van der Waals surface area contributed by atoms with Crippen LogP contribution in [0.25, 0.3) is 0 Å². The van der Waals surface area contributed by atoms with Gasteiger partial charge in [-0.15, -0.1) is 0 Å². The fourth-order valence-corrected chi connectivity index (χ4v) is 2.34. The van der Waals surface area contributed by atoms with E-state index in [1.807, 2.05) is 0 Å². The highest BCUT2D eigenvalue weighted by Gasteiger charge is 2.16. The van der Waals surface area contributed by atoms with Gasteiger partial charge in [0, 0.05) is 29.2 Å². The van der Waals surface area contributed by atoms with Gasteiger partial charge in [-0.05, 0) is 40.5 Å². The fourth-order valence-electron chi connectivity index (χ4n) is 1.92. The number of anilines is 1. The van der Waals surface area contributed by atoms with Crippen molar-refractivity contribution in [2.24, 2.45) is 5.92 Å². The molecule has 1 aromatic rings. The molecule has 0 aromatic heterocycles. The van der Waals surface area contributed by atoms with E-state index in [0.717, 1.165) is 13.0 Å². The van der Waals surface area contributed by atoms with Crippen LogP contribution in [-0.2, 0) is 4.74 Å². The number of benzene rings is 1. The summed E-state index contributed by atoms with van der Waals surface area (Å²) < 4.78 is 5.69. The molecule has 7 heteroatoms. The Kier molecular flexibility index (Phi) is 4.97. The first-order valence-electron chi connectivity index (χ1n) is 6.21. The van der Waals surface area contributed by atoms with E-state index in [0.29, 0.717) is 29.2 Å². The molecule has 0 saturated carbocycles. The number of carbonyl (C=O) groups is 2. The summed E-state index contributed by atoms with van der Waals surface area (Å²) in [4.78, 5) is 22.7. The summed E-state index contributed by atoms with van der Waals surface area (Å²) in [6.07, 6.45) is 0.946. The molecule has 1 unspecified atom stereocenters. The van der Waals surface area contributed by atoms with Gasteiger partial charge in [0.15, 0.2) is 0 Å². The molecule has 2 rings (SSSR count). The van der Waals surface area contributed by atoms with E-state index in [1.165, 1.54) is 6.07 Å².